The van der Waals surface area contributed by atoms with Crippen LogP contribution < -0.4 is 5.32 Å². The largest absolute Gasteiger partial charge is 0.393 e. The van der Waals surface area contributed by atoms with E-state index in [0.29, 0.717) is 5.02 Å². The van der Waals surface area contributed by atoms with Gasteiger partial charge in [-0.3, -0.25) is 4.79 Å². The summed E-state index contributed by atoms with van der Waals surface area (Å²) in [5.41, 5.74) is 0.832. The van der Waals surface area contributed by atoms with E-state index in [2.05, 4.69) is 5.32 Å². The Kier molecular flexibility index (Phi) is 5.00. The second-order valence-corrected chi connectivity index (χ2v) is 5.28. The predicted molar refractivity (Wildman–Crippen MR) is 76.9 cm³/mol. The van der Waals surface area contributed by atoms with Crippen molar-refractivity contribution in [2.75, 3.05) is 0 Å². The van der Waals surface area contributed by atoms with Crippen LogP contribution in [0, 0.1) is 0 Å². The molecule has 1 aromatic carbocycles. The molecule has 2 rings (SSSR count). The summed E-state index contributed by atoms with van der Waals surface area (Å²) in [6.07, 6.45) is 6.23. The summed E-state index contributed by atoms with van der Waals surface area (Å²) < 4.78 is 0. The van der Waals surface area contributed by atoms with Crippen molar-refractivity contribution in [3.8, 4) is 0 Å². The minimum atomic E-state index is -0.202. The molecule has 0 unspecified atom stereocenters. The van der Waals surface area contributed by atoms with Crippen LogP contribution in [0.5, 0.6) is 0 Å². The van der Waals surface area contributed by atoms with E-state index in [1.54, 1.807) is 12.1 Å². The molecule has 0 radical (unpaired) electrons. The molecule has 1 aliphatic rings. The van der Waals surface area contributed by atoms with E-state index in [0.717, 1.165) is 31.2 Å². The van der Waals surface area contributed by atoms with E-state index in [1.807, 2.05) is 18.2 Å². The molecule has 1 aromatic rings. The number of rotatable bonds is 3. The molecule has 1 saturated carbocycles. The number of nitrogens with one attached hydrogen (secondary N) is 1. The Morgan fingerprint density at radius 3 is 2.63 bits per heavy atom. The maximum Gasteiger partial charge on any atom is 0.244 e. The van der Waals surface area contributed by atoms with Crippen molar-refractivity contribution in [1.82, 2.24) is 5.32 Å². The number of carbonyl (C=O) groups is 1. The fraction of sp³-hybridized carbons (Fsp3) is 0.400. The van der Waals surface area contributed by atoms with E-state index >= 15 is 0 Å². The van der Waals surface area contributed by atoms with Crippen molar-refractivity contribution < 1.29 is 9.90 Å². The number of hydrogen-bond acceptors (Lipinski definition) is 2. The van der Waals surface area contributed by atoms with Crippen LogP contribution >= 0.6 is 11.6 Å². The van der Waals surface area contributed by atoms with Gasteiger partial charge in [-0.15, -0.1) is 0 Å². The maximum absolute atomic E-state index is 11.8. The fourth-order valence-electron chi connectivity index (χ4n) is 2.25. The van der Waals surface area contributed by atoms with Gasteiger partial charge in [0, 0.05) is 17.1 Å². The van der Waals surface area contributed by atoms with Gasteiger partial charge in [0.25, 0.3) is 0 Å². The summed E-state index contributed by atoms with van der Waals surface area (Å²) in [5, 5.41) is 13.0. The van der Waals surface area contributed by atoms with Gasteiger partial charge in [-0.1, -0.05) is 29.8 Å². The van der Waals surface area contributed by atoms with Crippen LogP contribution in [0.25, 0.3) is 6.08 Å². The molecule has 2 N–H and O–H groups in total. The lowest BCUT2D eigenvalue weighted by molar-refractivity contribution is -0.117. The van der Waals surface area contributed by atoms with Crippen LogP contribution in [-0.2, 0) is 4.79 Å². The van der Waals surface area contributed by atoms with Crippen molar-refractivity contribution in [3.63, 3.8) is 0 Å². The zero-order chi connectivity index (χ0) is 13.7. The van der Waals surface area contributed by atoms with Crippen molar-refractivity contribution in [1.29, 1.82) is 0 Å². The number of aliphatic hydroxyl groups excluding tert-OH is 1. The van der Waals surface area contributed by atoms with Crippen LogP contribution in [0.15, 0.2) is 30.3 Å². The fourth-order valence-corrected chi connectivity index (χ4v) is 2.44. The van der Waals surface area contributed by atoms with Gasteiger partial charge in [0.1, 0.15) is 0 Å². The molecule has 0 heterocycles. The lowest BCUT2D eigenvalue weighted by Gasteiger charge is -2.25. The molecule has 1 fully saturated rings. The number of amides is 1. The Morgan fingerprint density at radius 2 is 1.95 bits per heavy atom. The lowest BCUT2D eigenvalue weighted by Crippen LogP contribution is -2.37. The van der Waals surface area contributed by atoms with Gasteiger partial charge in [0.15, 0.2) is 0 Å². The Morgan fingerprint density at radius 1 is 1.26 bits per heavy atom. The molecule has 0 aliphatic heterocycles. The first-order chi connectivity index (χ1) is 9.15. The first-order valence-corrected chi connectivity index (χ1v) is 6.94. The smallest absolute Gasteiger partial charge is 0.244 e. The standard InChI is InChI=1S/C15H18ClNO2/c16-14-4-2-1-3-11(14)5-10-15(19)17-12-6-8-13(18)9-7-12/h1-5,10,12-13,18H,6-9H2,(H,17,19)/b10-5+. The normalized spacial score (nSPS) is 23.5. The van der Waals surface area contributed by atoms with Crippen molar-refractivity contribution in [2.24, 2.45) is 0 Å². The third-order valence-electron chi connectivity index (χ3n) is 3.36. The summed E-state index contributed by atoms with van der Waals surface area (Å²) in [6, 6.07) is 7.57. The molecule has 102 valence electrons. The van der Waals surface area contributed by atoms with Crippen LogP contribution in [-0.4, -0.2) is 23.2 Å². The second kappa shape index (κ2) is 6.73. The zero-order valence-corrected chi connectivity index (χ0v) is 11.4. The molecule has 0 bridgehead atoms. The number of benzene rings is 1. The highest BCUT2D eigenvalue weighted by molar-refractivity contribution is 6.32. The van der Waals surface area contributed by atoms with Gasteiger partial charge in [0.2, 0.25) is 5.91 Å². The Labute approximate surface area is 118 Å². The topological polar surface area (TPSA) is 49.3 Å². The molecule has 19 heavy (non-hydrogen) atoms. The maximum atomic E-state index is 11.8. The minimum absolute atomic E-state index is 0.110. The minimum Gasteiger partial charge on any atom is -0.393 e. The van der Waals surface area contributed by atoms with Gasteiger partial charge >= 0.3 is 0 Å². The molecular weight excluding hydrogens is 262 g/mol. The molecule has 0 spiro atoms. The third kappa shape index (κ3) is 4.37. The van der Waals surface area contributed by atoms with Gasteiger partial charge in [-0.2, -0.15) is 0 Å². The summed E-state index contributed by atoms with van der Waals surface area (Å²) in [5.74, 6) is -0.110. The van der Waals surface area contributed by atoms with Gasteiger partial charge < -0.3 is 10.4 Å². The predicted octanol–water partition coefficient (Wildman–Crippen LogP) is 2.77. The van der Waals surface area contributed by atoms with Gasteiger partial charge in [-0.25, -0.2) is 0 Å². The van der Waals surface area contributed by atoms with Crippen LogP contribution in [0.4, 0.5) is 0 Å². The Balaban J connectivity index is 1.86. The molecule has 4 heteroatoms. The van der Waals surface area contributed by atoms with E-state index < -0.39 is 0 Å². The molecule has 1 aliphatic carbocycles. The quantitative estimate of drug-likeness (QED) is 0.836. The summed E-state index contributed by atoms with van der Waals surface area (Å²) in [7, 11) is 0. The third-order valence-corrected chi connectivity index (χ3v) is 3.71. The molecular formula is C15H18ClNO2. The number of halogens is 1. The average molecular weight is 280 g/mol. The Hall–Kier alpha value is -1.32. The van der Waals surface area contributed by atoms with E-state index in [1.165, 1.54) is 6.08 Å². The first-order valence-electron chi connectivity index (χ1n) is 6.56. The van der Waals surface area contributed by atoms with Crippen molar-refractivity contribution >= 4 is 23.6 Å². The zero-order valence-electron chi connectivity index (χ0n) is 10.7. The summed E-state index contributed by atoms with van der Waals surface area (Å²) >= 11 is 6.00. The molecule has 3 nitrogen and oxygen atoms in total. The van der Waals surface area contributed by atoms with E-state index in [4.69, 9.17) is 11.6 Å². The highest BCUT2D eigenvalue weighted by Gasteiger charge is 2.19. The first kappa shape index (κ1) is 14.1. The van der Waals surface area contributed by atoms with Gasteiger partial charge in [0.05, 0.1) is 6.10 Å². The van der Waals surface area contributed by atoms with Crippen molar-refractivity contribution in [3.05, 3.63) is 40.9 Å². The highest BCUT2D eigenvalue weighted by Crippen LogP contribution is 2.19. The molecule has 0 atom stereocenters. The summed E-state index contributed by atoms with van der Waals surface area (Å²) in [4.78, 5) is 11.8. The van der Waals surface area contributed by atoms with Crippen LogP contribution in [0.2, 0.25) is 5.02 Å². The van der Waals surface area contributed by atoms with Crippen LogP contribution in [0.3, 0.4) is 0 Å². The molecule has 1 amide bonds. The second-order valence-electron chi connectivity index (χ2n) is 4.87. The van der Waals surface area contributed by atoms with E-state index in [-0.39, 0.29) is 18.1 Å². The average Bonchev–Trinajstić information content (AvgIpc) is 2.40. The molecule has 0 saturated heterocycles. The molecule has 0 aromatic heterocycles. The van der Waals surface area contributed by atoms with Gasteiger partial charge in [-0.05, 0) is 43.4 Å². The highest BCUT2D eigenvalue weighted by atomic mass is 35.5. The monoisotopic (exact) mass is 279 g/mol. The summed E-state index contributed by atoms with van der Waals surface area (Å²) in [6.45, 7) is 0. The van der Waals surface area contributed by atoms with E-state index in [9.17, 15) is 9.90 Å². The van der Waals surface area contributed by atoms with Crippen molar-refractivity contribution in [2.45, 2.75) is 37.8 Å². The number of aliphatic hydroxyl groups is 1. The number of hydrogen-bond donors (Lipinski definition) is 2. The number of carbonyl (C=O) groups excluding carboxylic acids is 1. The SMILES string of the molecule is O=C(/C=C/c1ccccc1Cl)NC1CCC(O)CC1. The lowest BCUT2D eigenvalue weighted by atomic mass is 9.93. The van der Waals surface area contributed by atoms with Crippen LogP contribution in [0.1, 0.15) is 31.2 Å². The Bertz CT molecular complexity index is 465.